The summed E-state index contributed by atoms with van der Waals surface area (Å²) in [6.45, 7) is 0.632. The van der Waals surface area contributed by atoms with Crippen LogP contribution in [0.25, 0.3) is 0 Å². The van der Waals surface area contributed by atoms with Crippen molar-refractivity contribution in [1.29, 1.82) is 0 Å². The zero-order chi connectivity index (χ0) is 10.4. The summed E-state index contributed by atoms with van der Waals surface area (Å²) in [5.74, 6) is -0.289. The minimum absolute atomic E-state index is 0.0407. The van der Waals surface area contributed by atoms with Crippen LogP contribution in [0, 0.1) is 0 Å². The average Bonchev–Trinajstić information content (AvgIpc) is 2.19. The van der Waals surface area contributed by atoms with Crippen LogP contribution in [0.2, 0.25) is 0 Å². The van der Waals surface area contributed by atoms with E-state index in [1.165, 1.54) is 17.8 Å². The van der Waals surface area contributed by atoms with Crippen molar-refractivity contribution in [3.63, 3.8) is 0 Å². The molecule has 0 aliphatic rings. The Balaban J connectivity index is 2.51. The number of carboxylic acids is 1. The largest absolute Gasteiger partial charge is 0.476 e. The molecule has 0 spiro atoms. The number of ether oxygens (including phenoxy) is 1. The fraction of sp³-hybridized carbons (Fsp3) is 0.375. The molecule has 0 atom stereocenters. The molecule has 1 aromatic heterocycles. The lowest BCUT2D eigenvalue weighted by Crippen LogP contribution is -2.02. The van der Waals surface area contributed by atoms with Gasteiger partial charge in [0.25, 0.3) is 0 Å². The molecule has 1 rings (SSSR count). The van der Waals surface area contributed by atoms with Crippen molar-refractivity contribution in [1.82, 2.24) is 10.2 Å². The standard InChI is InChI=1S/C8H10N2O3S/c1-13-4-5-14-7-3-2-6(8(11)12)9-10-7/h2-3H,4-5H2,1H3,(H,11,12). The van der Waals surface area contributed by atoms with Crippen LogP contribution in [-0.4, -0.2) is 40.7 Å². The van der Waals surface area contributed by atoms with Crippen LogP contribution in [0.3, 0.4) is 0 Å². The van der Waals surface area contributed by atoms with E-state index in [1.54, 1.807) is 13.2 Å². The molecule has 0 unspecified atom stereocenters. The Labute approximate surface area is 85.5 Å². The third-order valence-electron chi connectivity index (χ3n) is 1.40. The van der Waals surface area contributed by atoms with Crippen LogP contribution in [0.4, 0.5) is 0 Å². The zero-order valence-corrected chi connectivity index (χ0v) is 8.45. The van der Waals surface area contributed by atoms with Crippen molar-refractivity contribution >= 4 is 17.7 Å². The molecule has 0 saturated heterocycles. The highest BCUT2D eigenvalue weighted by Gasteiger charge is 2.04. The van der Waals surface area contributed by atoms with E-state index in [2.05, 4.69) is 10.2 Å². The molecule has 0 amide bonds. The van der Waals surface area contributed by atoms with Gasteiger partial charge in [0, 0.05) is 12.9 Å². The summed E-state index contributed by atoms with van der Waals surface area (Å²) in [4.78, 5) is 10.4. The number of aromatic nitrogens is 2. The summed E-state index contributed by atoms with van der Waals surface area (Å²) >= 11 is 1.47. The first-order valence-electron chi connectivity index (χ1n) is 3.93. The topological polar surface area (TPSA) is 72.3 Å². The average molecular weight is 214 g/mol. The molecule has 6 heteroatoms. The van der Waals surface area contributed by atoms with Gasteiger partial charge < -0.3 is 9.84 Å². The van der Waals surface area contributed by atoms with Crippen molar-refractivity contribution in [3.05, 3.63) is 17.8 Å². The number of carboxylic acid groups (broad SMARTS) is 1. The number of carbonyl (C=O) groups is 1. The number of hydrogen-bond acceptors (Lipinski definition) is 5. The van der Waals surface area contributed by atoms with Gasteiger partial charge in [-0.05, 0) is 12.1 Å². The third-order valence-corrected chi connectivity index (χ3v) is 2.28. The quantitative estimate of drug-likeness (QED) is 0.580. The molecule has 14 heavy (non-hydrogen) atoms. The highest BCUT2D eigenvalue weighted by Crippen LogP contribution is 2.13. The number of thioether (sulfide) groups is 1. The molecule has 0 fully saturated rings. The summed E-state index contributed by atoms with van der Waals surface area (Å²) in [5.41, 5.74) is -0.0407. The van der Waals surface area contributed by atoms with E-state index in [1.807, 2.05) is 0 Å². The maximum Gasteiger partial charge on any atom is 0.356 e. The number of hydrogen-bond donors (Lipinski definition) is 1. The van der Waals surface area contributed by atoms with Crippen molar-refractivity contribution in [3.8, 4) is 0 Å². The minimum Gasteiger partial charge on any atom is -0.476 e. The molecule has 5 nitrogen and oxygen atoms in total. The number of methoxy groups -OCH3 is 1. The van der Waals surface area contributed by atoms with Gasteiger partial charge in [-0.2, -0.15) is 0 Å². The molecule has 0 aromatic carbocycles. The van der Waals surface area contributed by atoms with Crippen molar-refractivity contribution in [2.24, 2.45) is 0 Å². The second-order valence-electron chi connectivity index (χ2n) is 2.40. The summed E-state index contributed by atoms with van der Waals surface area (Å²) in [6, 6.07) is 3.07. The maximum atomic E-state index is 10.4. The van der Waals surface area contributed by atoms with Gasteiger partial charge in [-0.3, -0.25) is 0 Å². The van der Waals surface area contributed by atoms with E-state index < -0.39 is 5.97 Å². The Morgan fingerprint density at radius 3 is 2.86 bits per heavy atom. The highest BCUT2D eigenvalue weighted by atomic mass is 32.2. The normalized spacial score (nSPS) is 10.1. The van der Waals surface area contributed by atoms with Crippen molar-refractivity contribution in [2.45, 2.75) is 5.03 Å². The Morgan fingerprint density at radius 2 is 2.36 bits per heavy atom. The van der Waals surface area contributed by atoms with E-state index in [0.717, 1.165) is 5.75 Å². The molecule has 0 aliphatic carbocycles. The number of nitrogens with zero attached hydrogens (tertiary/aromatic N) is 2. The fourth-order valence-electron chi connectivity index (χ4n) is 0.741. The number of aromatic carboxylic acids is 1. The van der Waals surface area contributed by atoms with Gasteiger partial charge in [-0.15, -0.1) is 22.0 Å². The van der Waals surface area contributed by atoms with Gasteiger partial charge in [0.1, 0.15) is 5.03 Å². The van der Waals surface area contributed by atoms with E-state index in [9.17, 15) is 4.79 Å². The molecular weight excluding hydrogens is 204 g/mol. The Bertz CT molecular complexity index is 302. The SMILES string of the molecule is COCCSc1ccc(C(=O)O)nn1. The Hall–Kier alpha value is -1.14. The highest BCUT2D eigenvalue weighted by molar-refractivity contribution is 7.99. The van der Waals surface area contributed by atoms with Crippen molar-refractivity contribution in [2.75, 3.05) is 19.5 Å². The minimum atomic E-state index is -1.06. The lowest BCUT2D eigenvalue weighted by atomic mass is 10.4. The first-order chi connectivity index (χ1) is 6.74. The summed E-state index contributed by atoms with van der Waals surface area (Å²) in [5, 5.41) is 16.6. The van der Waals surface area contributed by atoms with Crippen LogP contribution in [0.15, 0.2) is 17.2 Å². The van der Waals surface area contributed by atoms with Crippen molar-refractivity contribution < 1.29 is 14.6 Å². The molecule has 1 heterocycles. The lowest BCUT2D eigenvalue weighted by Gasteiger charge is -1.98. The second kappa shape index (κ2) is 5.56. The van der Waals surface area contributed by atoms with E-state index >= 15 is 0 Å². The van der Waals surface area contributed by atoms with Crippen LogP contribution >= 0.6 is 11.8 Å². The van der Waals surface area contributed by atoms with E-state index in [4.69, 9.17) is 9.84 Å². The molecular formula is C8H10N2O3S. The molecule has 0 bridgehead atoms. The van der Waals surface area contributed by atoms with Crippen LogP contribution in [0.5, 0.6) is 0 Å². The monoisotopic (exact) mass is 214 g/mol. The van der Waals surface area contributed by atoms with Gasteiger partial charge >= 0.3 is 5.97 Å². The van der Waals surface area contributed by atoms with Gasteiger partial charge in [0.05, 0.1) is 6.61 Å². The van der Waals surface area contributed by atoms with Crippen LogP contribution in [-0.2, 0) is 4.74 Å². The fourth-order valence-corrected chi connectivity index (χ4v) is 1.46. The molecule has 0 radical (unpaired) electrons. The van der Waals surface area contributed by atoms with Gasteiger partial charge in [-0.25, -0.2) is 4.79 Å². The first-order valence-corrected chi connectivity index (χ1v) is 4.91. The third kappa shape index (κ3) is 3.31. The summed E-state index contributed by atoms with van der Waals surface area (Å²) < 4.78 is 4.86. The zero-order valence-electron chi connectivity index (χ0n) is 7.64. The first kappa shape index (κ1) is 10.9. The van der Waals surface area contributed by atoms with Crippen LogP contribution < -0.4 is 0 Å². The Kier molecular flexibility index (Phi) is 4.34. The second-order valence-corrected chi connectivity index (χ2v) is 3.52. The predicted molar refractivity (Wildman–Crippen MR) is 51.6 cm³/mol. The summed E-state index contributed by atoms with van der Waals surface area (Å²) in [6.07, 6.45) is 0. The Morgan fingerprint density at radius 1 is 1.57 bits per heavy atom. The summed E-state index contributed by atoms with van der Waals surface area (Å²) in [7, 11) is 1.62. The number of rotatable bonds is 5. The predicted octanol–water partition coefficient (Wildman–Crippen LogP) is 0.913. The molecule has 1 N–H and O–H groups in total. The van der Waals surface area contributed by atoms with Gasteiger partial charge in [0.15, 0.2) is 5.69 Å². The van der Waals surface area contributed by atoms with Gasteiger partial charge in [0.2, 0.25) is 0 Å². The molecule has 76 valence electrons. The van der Waals surface area contributed by atoms with Gasteiger partial charge in [-0.1, -0.05) is 0 Å². The molecule has 0 saturated carbocycles. The molecule has 1 aromatic rings. The van der Waals surface area contributed by atoms with E-state index in [0.29, 0.717) is 11.6 Å². The van der Waals surface area contributed by atoms with Crippen LogP contribution in [0.1, 0.15) is 10.5 Å². The maximum absolute atomic E-state index is 10.4. The van der Waals surface area contributed by atoms with E-state index in [-0.39, 0.29) is 5.69 Å². The smallest absolute Gasteiger partial charge is 0.356 e. The molecule has 0 aliphatic heterocycles. The lowest BCUT2D eigenvalue weighted by molar-refractivity contribution is 0.0689.